The van der Waals surface area contributed by atoms with E-state index in [-0.39, 0.29) is 16.8 Å². The Balaban J connectivity index is 1.70. The number of halogens is 1. The van der Waals surface area contributed by atoms with Crippen LogP contribution in [0.3, 0.4) is 0 Å². The smallest absolute Gasteiger partial charge is 0.260 e. The summed E-state index contributed by atoms with van der Waals surface area (Å²) in [5.41, 5.74) is 0.465. The lowest BCUT2D eigenvalue weighted by Gasteiger charge is -2.22. The number of sulfonamides is 1. The number of imidazole rings is 1. The molecule has 0 bridgehead atoms. The molecule has 11 heteroatoms. The molecule has 4 rings (SSSR count). The molecule has 0 aromatic carbocycles. The Morgan fingerprint density at radius 2 is 2.23 bits per heavy atom. The highest BCUT2D eigenvalue weighted by Crippen LogP contribution is 2.28. The van der Waals surface area contributed by atoms with Gasteiger partial charge in [-0.15, -0.1) is 0 Å². The van der Waals surface area contributed by atoms with E-state index in [1.165, 1.54) is 4.40 Å². The quantitative estimate of drug-likeness (QED) is 0.701. The standard InChI is InChI=1S/C15H17ClN6O3S/c1-25-9-11-17-14-10(5-4-8-22(14)19-11)20-26(23,24)15-13(16)18-12-6-2-3-7-21(12)15/h2-3,6-7,10,20H,4-5,8-9H2,1H3. The van der Waals surface area contributed by atoms with Gasteiger partial charge in [0.25, 0.3) is 10.0 Å². The van der Waals surface area contributed by atoms with Crippen molar-refractivity contribution in [1.82, 2.24) is 28.9 Å². The summed E-state index contributed by atoms with van der Waals surface area (Å²) in [5.74, 6) is 1.11. The number of fused-ring (bicyclic) bond motifs is 2. The lowest BCUT2D eigenvalue weighted by molar-refractivity contribution is 0.177. The van der Waals surface area contributed by atoms with Gasteiger partial charge >= 0.3 is 0 Å². The second kappa shape index (κ2) is 6.62. The molecule has 1 aliphatic heterocycles. The van der Waals surface area contributed by atoms with Crippen molar-refractivity contribution in [2.45, 2.75) is 37.1 Å². The SMILES string of the molecule is COCc1nc2n(n1)CCCC2NS(=O)(=O)c1c(Cl)nc2ccccn12. The van der Waals surface area contributed by atoms with Crippen LogP contribution in [0.25, 0.3) is 5.65 Å². The topological polar surface area (TPSA) is 103 Å². The van der Waals surface area contributed by atoms with Gasteiger partial charge < -0.3 is 4.74 Å². The zero-order valence-electron chi connectivity index (χ0n) is 14.0. The van der Waals surface area contributed by atoms with E-state index in [2.05, 4.69) is 19.8 Å². The number of aryl methyl sites for hydroxylation is 1. The second-order valence-corrected chi connectivity index (χ2v) is 7.98. The predicted octanol–water partition coefficient (Wildman–Crippen LogP) is 1.54. The number of aromatic nitrogens is 5. The van der Waals surface area contributed by atoms with Gasteiger partial charge in [0.05, 0.1) is 6.04 Å². The molecule has 0 saturated heterocycles. The average Bonchev–Trinajstić information content (AvgIpc) is 3.15. The first-order valence-corrected chi connectivity index (χ1v) is 9.93. The fourth-order valence-corrected chi connectivity index (χ4v) is 5.00. The minimum Gasteiger partial charge on any atom is -0.377 e. The number of nitrogens with zero attached hydrogens (tertiary/aromatic N) is 5. The first-order chi connectivity index (χ1) is 12.5. The minimum atomic E-state index is -3.91. The fourth-order valence-electron chi connectivity index (χ4n) is 3.13. The number of pyridine rings is 1. The molecule has 138 valence electrons. The van der Waals surface area contributed by atoms with Crippen molar-refractivity contribution in [2.75, 3.05) is 7.11 Å². The lowest BCUT2D eigenvalue weighted by atomic mass is 10.1. The van der Waals surface area contributed by atoms with Crippen molar-refractivity contribution in [3.63, 3.8) is 0 Å². The Morgan fingerprint density at radius 1 is 1.38 bits per heavy atom. The fraction of sp³-hybridized carbons (Fsp3) is 0.400. The van der Waals surface area contributed by atoms with E-state index >= 15 is 0 Å². The molecule has 3 aromatic heterocycles. The van der Waals surface area contributed by atoms with Gasteiger partial charge in [-0.2, -0.15) is 9.82 Å². The van der Waals surface area contributed by atoms with Crippen LogP contribution in [0.2, 0.25) is 5.15 Å². The largest absolute Gasteiger partial charge is 0.377 e. The average molecular weight is 397 g/mol. The molecule has 4 heterocycles. The maximum atomic E-state index is 13.0. The summed E-state index contributed by atoms with van der Waals surface area (Å²) in [7, 11) is -2.35. The summed E-state index contributed by atoms with van der Waals surface area (Å²) < 4.78 is 36.9. The molecule has 0 aliphatic carbocycles. The van der Waals surface area contributed by atoms with Gasteiger partial charge in [0, 0.05) is 19.9 Å². The van der Waals surface area contributed by atoms with E-state index in [0.29, 0.717) is 30.3 Å². The third-order valence-corrected chi connectivity index (χ3v) is 6.06. The summed E-state index contributed by atoms with van der Waals surface area (Å²) in [6.45, 7) is 0.971. The number of hydrogen-bond donors (Lipinski definition) is 1. The maximum Gasteiger partial charge on any atom is 0.260 e. The van der Waals surface area contributed by atoms with Gasteiger partial charge in [-0.05, 0) is 25.0 Å². The summed E-state index contributed by atoms with van der Waals surface area (Å²) in [6.07, 6.45) is 3.03. The Kier molecular flexibility index (Phi) is 4.43. The molecule has 0 saturated carbocycles. The molecule has 0 amide bonds. The van der Waals surface area contributed by atoms with Crippen molar-refractivity contribution in [3.05, 3.63) is 41.2 Å². The maximum absolute atomic E-state index is 13.0. The molecule has 1 unspecified atom stereocenters. The van der Waals surface area contributed by atoms with E-state index in [1.807, 2.05) is 0 Å². The van der Waals surface area contributed by atoms with Crippen molar-refractivity contribution in [2.24, 2.45) is 0 Å². The zero-order chi connectivity index (χ0) is 18.3. The normalized spacial score (nSPS) is 17.5. The van der Waals surface area contributed by atoms with E-state index in [4.69, 9.17) is 16.3 Å². The van der Waals surface area contributed by atoms with Crippen molar-refractivity contribution in [3.8, 4) is 0 Å². The third kappa shape index (κ3) is 2.98. The highest BCUT2D eigenvalue weighted by molar-refractivity contribution is 7.89. The number of methoxy groups -OCH3 is 1. The zero-order valence-corrected chi connectivity index (χ0v) is 15.5. The van der Waals surface area contributed by atoms with Gasteiger partial charge in [0.15, 0.2) is 16.0 Å². The number of ether oxygens (including phenoxy) is 1. The molecule has 0 radical (unpaired) electrons. The van der Waals surface area contributed by atoms with Crippen LogP contribution in [-0.4, -0.2) is 39.7 Å². The molecule has 26 heavy (non-hydrogen) atoms. The Morgan fingerprint density at radius 3 is 3.04 bits per heavy atom. The third-order valence-electron chi connectivity index (χ3n) is 4.19. The summed E-state index contributed by atoms with van der Waals surface area (Å²) in [4.78, 5) is 8.52. The monoisotopic (exact) mass is 396 g/mol. The van der Waals surface area contributed by atoms with Gasteiger partial charge in [0.1, 0.15) is 18.1 Å². The van der Waals surface area contributed by atoms with Crippen LogP contribution in [0.15, 0.2) is 29.4 Å². The van der Waals surface area contributed by atoms with Crippen molar-refractivity contribution >= 4 is 27.3 Å². The summed E-state index contributed by atoms with van der Waals surface area (Å²) >= 11 is 6.11. The van der Waals surface area contributed by atoms with Gasteiger partial charge in [-0.1, -0.05) is 17.7 Å². The number of rotatable bonds is 5. The number of hydrogen-bond acceptors (Lipinski definition) is 6. The first kappa shape index (κ1) is 17.4. The molecule has 0 fully saturated rings. The van der Waals surface area contributed by atoms with Crippen LogP contribution in [0, 0.1) is 0 Å². The van der Waals surface area contributed by atoms with Gasteiger partial charge in [-0.25, -0.2) is 23.1 Å². The van der Waals surface area contributed by atoms with Crippen LogP contribution < -0.4 is 4.72 Å². The molecule has 0 spiro atoms. The molecule has 3 aromatic rings. The van der Waals surface area contributed by atoms with Crippen LogP contribution in [0.1, 0.15) is 30.5 Å². The van der Waals surface area contributed by atoms with Gasteiger partial charge in [0.2, 0.25) is 0 Å². The van der Waals surface area contributed by atoms with Crippen molar-refractivity contribution in [1.29, 1.82) is 0 Å². The van der Waals surface area contributed by atoms with Crippen LogP contribution >= 0.6 is 11.6 Å². The van der Waals surface area contributed by atoms with E-state index in [1.54, 1.807) is 36.2 Å². The Hall–Kier alpha value is -2.01. The Bertz CT molecular complexity index is 1060. The summed E-state index contributed by atoms with van der Waals surface area (Å²) in [5, 5.41) is 4.20. The van der Waals surface area contributed by atoms with Crippen LogP contribution in [-0.2, 0) is 27.9 Å². The molecule has 1 aliphatic rings. The second-order valence-electron chi connectivity index (χ2n) is 6.00. The molecular formula is C15H17ClN6O3S. The van der Waals surface area contributed by atoms with Crippen molar-refractivity contribution < 1.29 is 13.2 Å². The van der Waals surface area contributed by atoms with Crippen LogP contribution in [0.5, 0.6) is 0 Å². The van der Waals surface area contributed by atoms with E-state index in [9.17, 15) is 8.42 Å². The molecule has 1 N–H and O–H groups in total. The molecule has 9 nitrogen and oxygen atoms in total. The Labute approximate surface area is 155 Å². The van der Waals surface area contributed by atoms with E-state index < -0.39 is 16.1 Å². The molecular weight excluding hydrogens is 380 g/mol. The van der Waals surface area contributed by atoms with Gasteiger partial charge in [-0.3, -0.25) is 4.40 Å². The molecule has 1 atom stereocenters. The summed E-state index contributed by atoms with van der Waals surface area (Å²) in [6, 6.07) is 4.69. The highest BCUT2D eigenvalue weighted by Gasteiger charge is 2.32. The number of nitrogens with one attached hydrogen (secondary N) is 1. The lowest BCUT2D eigenvalue weighted by Crippen LogP contribution is -2.34. The minimum absolute atomic E-state index is 0.0685. The van der Waals surface area contributed by atoms with Crippen LogP contribution in [0.4, 0.5) is 0 Å². The predicted molar refractivity (Wildman–Crippen MR) is 93.2 cm³/mol. The highest BCUT2D eigenvalue weighted by atomic mass is 35.5. The van der Waals surface area contributed by atoms with E-state index in [0.717, 1.165) is 6.42 Å². The first-order valence-electron chi connectivity index (χ1n) is 8.07.